The molecule has 0 radical (unpaired) electrons. The summed E-state index contributed by atoms with van der Waals surface area (Å²) in [5.41, 5.74) is 10.0. The number of nitrogens with two attached hydrogens (primary N) is 1. The molecule has 110 valence electrons. The Labute approximate surface area is 126 Å². The number of rotatable bonds is 3. The second-order valence-electron chi connectivity index (χ2n) is 5.93. The summed E-state index contributed by atoms with van der Waals surface area (Å²) >= 11 is 0. The van der Waals surface area contributed by atoms with Crippen molar-refractivity contribution in [3.8, 4) is 0 Å². The smallest absolute Gasteiger partial charge is 0.0594 e. The molecule has 0 spiro atoms. The lowest BCUT2D eigenvalue weighted by molar-refractivity contribution is 0.437. The molecule has 1 aliphatic carbocycles. The minimum atomic E-state index is 0.662. The van der Waals surface area contributed by atoms with Crippen molar-refractivity contribution in [3.63, 3.8) is 0 Å². The summed E-state index contributed by atoms with van der Waals surface area (Å²) in [5.74, 6) is 0.662. The largest absolute Gasteiger partial charge is 0.399 e. The first-order valence-electron chi connectivity index (χ1n) is 7.79. The van der Waals surface area contributed by atoms with E-state index >= 15 is 0 Å². The molecule has 21 heavy (non-hydrogen) atoms. The lowest BCUT2D eigenvalue weighted by atomic mass is 9.87. The van der Waals surface area contributed by atoms with Gasteiger partial charge in [0, 0.05) is 30.0 Å². The van der Waals surface area contributed by atoms with Crippen molar-refractivity contribution in [2.45, 2.75) is 38.0 Å². The number of aromatic nitrogens is 1. The van der Waals surface area contributed by atoms with Crippen LogP contribution in [0.3, 0.4) is 0 Å². The highest BCUT2D eigenvalue weighted by Gasteiger charge is 2.16. The molecule has 1 saturated carbocycles. The second-order valence-corrected chi connectivity index (χ2v) is 5.93. The van der Waals surface area contributed by atoms with Crippen molar-refractivity contribution in [2.75, 3.05) is 17.7 Å². The van der Waals surface area contributed by atoms with Gasteiger partial charge in [0.1, 0.15) is 0 Å². The van der Waals surface area contributed by atoms with E-state index in [1.165, 1.54) is 37.8 Å². The molecule has 1 aromatic carbocycles. The van der Waals surface area contributed by atoms with E-state index in [1.807, 2.05) is 30.5 Å². The molecular formula is C18H23N3. The third kappa shape index (κ3) is 3.18. The highest BCUT2D eigenvalue weighted by molar-refractivity contribution is 5.63. The maximum absolute atomic E-state index is 5.74. The van der Waals surface area contributed by atoms with Crippen LogP contribution >= 0.6 is 0 Å². The number of nitrogen functional groups attached to an aromatic ring is 1. The number of benzene rings is 1. The first-order valence-corrected chi connectivity index (χ1v) is 7.79. The Morgan fingerprint density at radius 2 is 1.62 bits per heavy atom. The standard InChI is InChI=1S/C18H23N3/c1-21(16-9-7-15(19)8-10-16)17-11-12-18(20-13-17)14-5-3-2-4-6-14/h7-14H,2-6,19H2,1H3. The summed E-state index contributed by atoms with van der Waals surface area (Å²) in [6.45, 7) is 0. The van der Waals surface area contributed by atoms with Gasteiger partial charge in [-0.15, -0.1) is 0 Å². The van der Waals surface area contributed by atoms with Crippen LogP contribution in [0.2, 0.25) is 0 Å². The summed E-state index contributed by atoms with van der Waals surface area (Å²) in [7, 11) is 2.06. The zero-order chi connectivity index (χ0) is 14.7. The van der Waals surface area contributed by atoms with Crippen LogP contribution in [0.1, 0.15) is 43.7 Å². The van der Waals surface area contributed by atoms with Gasteiger partial charge in [-0.25, -0.2) is 0 Å². The van der Waals surface area contributed by atoms with E-state index in [2.05, 4.69) is 24.1 Å². The van der Waals surface area contributed by atoms with Crippen LogP contribution in [-0.4, -0.2) is 12.0 Å². The van der Waals surface area contributed by atoms with E-state index in [-0.39, 0.29) is 0 Å². The Kier molecular flexibility index (Phi) is 4.09. The lowest BCUT2D eigenvalue weighted by Gasteiger charge is -2.23. The van der Waals surface area contributed by atoms with E-state index in [0.29, 0.717) is 5.92 Å². The van der Waals surface area contributed by atoms with E-state index in [0.717, 1.165) is 17.1 Å². The van der Waals surface area contributed by atoms with Crippen LogP contribution in [-0.2, 0) is 0 Å². The van der Waals surface area contributed by atoms with Gasteiger partial charge in [-0.05, 0) is 49.2 Å². The van der Waals surface area contributed by atoms with Crippen LogP contribution in [0.5, 0.6) is 0 Å². The monoisotopic (exact) mass is 281 g/mol. The number of hydrogen-bond donors (Lipinski definition) is 1. The maximum Gasteiger partial charge on any atom is 0.0594 e. The van der Waals surface area contributed by atoms with Gasteiger partial charge >= 0.3 is 0 Å². The minimum absolute atomic E-state index is 0.662. The van der Waals surface area contributed by atoms with Gasteiger partial charge in [0.2, 0.25) is 0 Å². The molecule has 3 rings (SSSR count). The Morgan fingerprint density at radius 3 is 2.24 bits per heavy atom. The van der Waals surface area contributed by atoms with E-state index in [9.17, 15) is 0 Å². The van der Waals surface area contributed by atoms with Gasteiger partial charge in [-0.3, -0.25) is 4.98 Å². The van der Waals surface area contributed by atoms with Crippen molar-refractivity contribution in [3.05, 3.63) is 48.3 Å². The van der Waals surface area contributed by atoms with Crippen molar-refractivity contribution >= 4 is 17.1 Å². The molecule has 0 bridgehead atoms. The Balaban J connectivity index is 1.75. The number of hydrogen-bond acceptors (Lipinski definition) is 3. The van der Waals surface area contributed by atoms with Gasteiger partial charge in [0.25, 0.3) is 0 Å². The topological polar surface area (TPSA) is 42.1 Å². The summed E-state index contributed by atoms with van der Waals surface area (Å²) in [6.07, 6.45) is 8.65. The van der Waals surface area contributed by atoms with Gasteiger partial charge < -0.3 is 10.6 Å². The summed E-state index contributed by atoms with van der Waals surface area (Å²) in [5, 5.41) is 0. The molecule has 1 heterocycles. The quantitative estimate of drug-likeness (QED) is 0.843. The van der Waals surface area contributed by atoms with E-state index in [1.54, 1.807) is 0 Å². The first-order chi connectivity index (χ1) is 10.2. The van der Waals surface area contributed by atoms with Crippen LogP contribution < -0.4 is 10.6 Å². The maximum atomic E-state index is 5.74. The molecule has 0 saturated heterocycles. The zero-order valence-electron chi connectivity index (χ0n) is 12.6. The highest BCUT2D eigenvalue weighted by Crippen LogP contribution is 2.32. The zero-order valence-corrected chi connectivity index (χ0v) is 12.6. The molecular weight excluding hydrogens is 258 g/mol. The van der Waals surface area contributed by atoms with Crippen molar-refractivity contribution < 1.29 is 0 Å². The van der Waals surface area contributed by atoms with Crippen LogP contribution in [0.15, 0.2) is 42.6 Å². The minimum Gasteiger partial charge on any atom is -0.399 e. The molecule has 1 aromatic heterocycles. The second kappa shape index (κ2) is 6.17. The van der Waals surface area contributed by atoms with Crippen LogP contribution in [0.4, 0.5) is 17.1 Å². The predicted molar refractivity (Wildman–Crippen MR) is 89.0 cm³/mol. The molecule has 0 aliphatic heterocycles. The van der Waals surface area contributed by atoms with Crippen molar-refractivity contribution in [2.24, 2.45) is 0 Å². The van der Waals surface area contributed by atoms with Gasteiger partial charge in [-0.2, -0.15) is 0 Å². The van der Waals surface area contributed by atoms with Gasteiger partial charge in [-0.1, -0.05) is 19.3 Å². The molecule has 0 amide bonds. The fraction of sp³-hybridized carbons (Fsp3) is 0.389. The highest BCUT2D eigenvalue weighted by atomic mass is 15.1. The lowest BCUT2D eigenvalue weighted by Crippen LogP contribution is -2.11. The SMILES string of the molecule is CN(c1ccc(N)cc1)c1ccc(C2CCCCC2)nc1. The predicted octanol–water partition coefficient (Wildman–Crippen LogP) is 4.48. The molecule has 1 fully saturated rings. The molecule has 1 aliphatic rings. The number of anilines is 3. The Morgan fingerprint density at radius 1 is 0.952 bits per heavy atom. The fourth-order valence-corrected chi connectivity index (χ4v) is 3.08. The van der Waals surface area contributed by atoms with E-state index in [4.69, 9.17) is 10.7 Å². The Bertz CT molecular complexity index is 568. The normalized spacial score (nSPS) is 15.9. The fourth-order valence-electron chi connectivity index (χ4n) is 3.08. The molecule has 0 atom stereocenters. The molecule has 2 N–H and O–H groups in total. The average Bonchev–Trinajstić information content (AvgIpc) is 2.56. The molecule has 2 aromatic rings. The third-order valence-electron chi connectivity index (χ3n) is 4.46. The third-order valence-corrected chi connectivity index (χ3v) is 4.46. The first kappa shape index (κ1) is 13.9. The Hall–Kier alpha value is -2.03. The summed E-state index contributed by atoms with van der Waals surface area (Å²) < 4.78 is 0. The number of nitrogens with zero attached hydrogens (tertiary/aromatic N) is 2. The summed E-state index contributed by atoms with van der Waals surface area (Å²) in [4.78, 5) is 6.84. The van der Waals surface area contributed by atoms with Crippen molar-refractivity contribution in [1.29, 1.82) is 0 Å². The molecule has 3 heteroatoms. The van der Waals surface area contributed by atoms with Crippen LogP contribution in [0, 0.1) is 0 Å². The molecule has 3 nitrogen and oxygen atoms in total. The number of pyridine rings is 1. The van der Waals surface area contributed by atoms with Gasteiger partial charge in [0.15, 0.2) is 0 Å². The average molecular weight is 281 g/mol. The molecule has 0 unspecified atom stereocenters. The van der Waals surface area contributed by atoms with Crippen molar-refractivity contribution in [1.82, 2.24) is 4.98 Å². The van der Waals surface area contributed by atoms with Gasteiger partial charge in [0.05, 0.1) is 11.9 Å². The van der Waals surface area contributed by atoms with Crippen LogP contribution in [0.25, 0.3) is 0 Å². The van der Waals surface area contributed by atoms with E-state index < -0.39 is 0 Å². The summed E-state index contributed by atoms with van der Waals surface area (Å²) in [6, 6.07) is 12.3.